The molecule has 0 aliphatic carbocycles. The van der Waals surface area contributed by atoms with Crippen LogP contribution in [0.2, 0.25) is 0 Å². The van der Waals surface area contributed by atoms with Crippen LogP contribution in [0.4, 0.5) is 5.95 Å². The number of morpholine rings is 1. The molecule has 6 nitrogen and oxygen atoms in total. The van der Waals surface area contributed by atoms with E-state index in [2.05, 4.69) is 37.3 Å². The summed E-state index contributed by atoms with van der Waals surface area (Å²) in [5.41, 5.74) is 1.27. The number of anilines is 1. The number of ether oxygens (including phenoxy) is 1. The van der Waals surface area contributed by atoms with E-state index in [0.29, 0.717) is 32.2 Å². The van der Waals surface area contributed by atoms with Crippen LogP contribution < -0.4 is 4.90 Å². The average Bonchev–Trinajstić information content (AvgIpc) is 3.09. The summed E-state index contributed by atoms with van der Waals surface area (Å²) in [6.07, 6.45) is 3.92. The predicted octanol–water partition coefficient (Wildman–Crippen LogP) is 2.09. The maximum atomic E-state index is 12.8. The highest BCUT2D eigenvalue weighted by atomic mass is 79.9. The van der Waals surface area contributed by atoms with E-state index in [1.165, 1.54) is 10.4 Å². The third-order valence-corrected chi connectivity index (χ3v) is 5.78. The Morgan fingerprint density at radius 2 is 2.17 bits per heavy atom. The number of hydrogen-bond donors (Lipinski definition) is 0. The molecule has 0 saturated carbocycles. The van der Waals surface area contributed by atoms with Crippen molar-refractivity contribution in [2.45, 2.75) is 19.1 Å². The van der Waals surface area contributed by atoms with Crippen LogP contribution in [0.3, 0.4) is 0 Å². The molecule has 0 spiro atoms. The van der Waals surface area contributed by atoms with Crippen molar-refractivity contribution < 1.29 is 9.53 Å². The van der Waals surface area contributed by atoms with Crippen LogP contribution in [0, 0.1) is 0 Å². The van der Waals surface area contributed by atoms with Crippen molar-refractivity contribution in [1.29, 1.82) is 0 Å². The molecule has 0 aromatic carbocycles. The lowest BCUT2D eigenvalue weighted by molar-refractivity contribution is -0.145. The molecule has 0 N–H and O–H groups in total. The number of nitrogens with zero attached hydrogens (tertiary/aromatic N) is 4. The summed E-state index contributed by atoms with van der Waals surface area (Å²) < 4.78 is 6.58. The number of aromatic nitrogens is 2. The summed E-state index contributed by atoms with van der Waals surface area (Å²) >= 11 is 5.11. The smallest absolute Gasteiger partial charge is 0.253 e. The third kappa shape index (κ3) is 3.18. The predicted molar refractivity (Wildman–Crippen MR) is 95.1 cm³/mol. The molecule has 0 bridgehead atoms. The number of carbonyl (C=O) groups is 1. The standard InChI is InChI=1S/C16H17BrN4O2S/c17-12-7-18-16(19-8-12)21-4-5-23-13(10-21)15(22)20-3-1-14-11(9-20)2-6-24-14/h2,6-8,13H,1,3-5,9-10H2. The first-order chi connectivity index (χ1) is 11.7. The van der Waals surface area contributed by atoms with Gasteiger partial charge in [0.05, 0.1) is 17.6 Å². The Balaban J connectivity index is 1.44. The zero-order chi connectivity index (χ0) is 16.5. The second-order valence-corrected chi connectivity index (χ2v) is 7.80. The normalized spacial score (nSPS) is 20.8. The van der Waals surface area contributed by atoms with Gasteiger partial charge in [0, 0.05) is 36.9 Å². The number of amides is 1. The van der Waals surface area contributed by atoms with E-state index in [4.69, 9.17) is 4.74 Å². The Hall–Kier alpha value is -1.51. The van der Waals surface area contributed by atoms with E-state index in [9.17, 15) is 4.79 Å². The van der Waals surface area contributed by atoms with Crippen molar-refractivity contribution in [2.24, 2.45) is 0 Å². The molecule has 1 unspecified atom stereocenters. The highest BCUT2D eigenvalue weighted by Crippen LogP contribution is 2.25. The number of thiophene rings is 1. The van der Waals surface area contributed by atoms with Gasteiger partial charge < -0.3 is 14.5 Å². The van der Waals surface area contributed by atoms with Gasteiger partial charge in [0.25, 0.3) is 5.91 Å². The molecule has 2 aliphatic rings. The second-order valence-electron chi connectivity index (χ2n) is 5.89. The number of fused-ring (bicyclic) bond motifs is 1. The van der Waals surface area contributed by atoms with Crippen LogP contribution >= 0.6 is 27.3 Å². The molecule has 2 aromatic rings. The van der Waals surface area contributed by atoms with Gasteiger partial charge in [-0.15, -0.1) is 11.3 Å². The molecular formula is C16H17BrN4O2S. The first-order valence-electron chi connectivity index (χ1n) is 7.89. The summed E-state index contributed by atoms with van der Waals surface area (Å²) in [7, 11) is 0. The molecule has 0 radical (unpaired) electrons. The van der Waals surface area contributed by atoms with Gasteiger partial charge in [-0.05, 0) is 39.4 Å². The lowest BCUT2D eigenvalue weighted by atomic mass is 10.1. The topological polar surface area (TPSA) is 58.6 Å². The molecule has 4 rings (SSSR count). The van der Waals surface area contributed by atoms with Crippen LogP contribution in [0.25, 0.3) is 0 Å². The number of carbonyl (C=O) groups excluding carboxylic acids is 1. The van der Waals surface area contributed by atoms with Gasteiger partial charge in [0.15, 0.2) is 6.10 Å². The zero-order valence-electron chi connectivity index (χ0n) is 13.0. The monoisotopic (exact) mass is 408 g/mol. The summed E-state index contributed by atoms with van der Waals surface area (Å²) in [6, 6.07) is 2.11. The zero-order valence-corrected chi connectivity index (χ0v) is 15.4. The highest BCUT2D eigenvalue weighted by molar-refractivity contribution is 9.10. The van der Waals surface area contributed by atoms with Crippen LogP contribution in [0.1, 0.15) is 10.4 Å². The SMILES string of the molecule is O=C(C1CN(c2ncc(Br)cn2)CCO1)N1CCc2sccc2C1. The van der Waals surface area contributed by atoms with E-state index in [1.807, 2.05) is 9.80 Å². The molecule has 8 heteroatoms. The first-order valence-corrected chi connectivity index (χ1v) is 9.56. The Bertz CT molecular complexity index is 736. The fourth-order valence-corrected chi connectivity index (χ4v) is 4.18. The van der Waals surface area contributed by atoms with E-state index < -0.39 is 6.10 Å². The minimum Gasteiger partial charge on any atom is -0.365 e. The van der Waals surface area contributed by atoms with Gasteiger partial charge in [-0.25, -0.2) is 9.97 Å². The molecular weight excluding hydrogens is 392 g/mol. The van der Waals surface area contributed by atoms with Gasteiger partial charge in [0.1, 0.15) is 0 Å². The van der Waals surface area contributed by atoms with Crippen molar-refractivity contribution in [3.05, 3.63) is 38.8 Å². The molecule has 1 fully saturated rings. The van der Waals surface area contributed by atoms with Crippen molar-refractivity contribution in [3.8, 4) is 0 Å². The molecule has 2 aromatic heterocycles. The van der Waals surface area contributed by atoms with E-state index in [1.54, 1.807) is 23.7 Å². The Morgan fingerprint density at radius 3 is 3.00 bits per heavy atom. The van der Waals surface area contributed by atoms with Crippen LogP contribution in [0.5, 0.6) is 0 Å². The molecule has 1 saturated heterocycles. The van der Waals surface area contributed by atoms with E-state index >= 15 is 0 Å². The van der Waals surface area contributed by atoms with E-state index in [0.717, 1.165) is 17.4 Å². The molecule has 4 heterocycles. The van der Waals surface area contributed by atoms with Gasteiger partial charge in [-0.3, -0.25) is 4.79 Å². The molecule has 126 valence electrons. The Morgan fingerprint density at radius 1 is 1.33 bits per heavy atom. The van der Waals surface area contributed by atoms with Crippen molar-refractivity contribution in [3.63, 3.8) is 0 Å². The Labute approximate surface area is 152 Å². The minimum atomic E-state index is -0.453. The number of hydrogen-bond acceptors (Lipinski definition) is 6. The molecule has 24 heavy (non-hydrogen) atoms. The minimum absolute atomic E-state index is 0.0636. The highest BCUT2D eigenvalue weighted by Gasteiger charge is 2.32. The fourth-order valence-electron chi connectivity index (χ4n) is 3.09. The molecule has 1 atom stereocenters. The van der Waals surface area contributed by atoms with Crippen molar-refractivity contribution in [2.75, 3.05) is 31.1 Å². The second kappa shape index (κ2) is 6.78. The first kappa shape index (κ1) is 16.0. The lowest BCUT2D eigenvalue weighted by Crippen LogP contribution is -2.52. The Kier molecular flexibility index (Phi) is 4.51. The van der Waals surface area contributed by atoms with Crippen molar-refractivity contribution >= 4 is 39.1 Å². The van der Waals surface area contributed by atoms with Crippen LogP contribution in [-0.4, -0.2) is 53.1 Å². The average molecular weight is 409 g/mol. The van der Waals surface area contributed by atoms with Gasteiger partial charge in [0.2, 0.25) is 5.95 Å². The molecule has 1 amide bonds. The lowest BCUT2D eigenvalue weighted by Gasteiger charge is -2.36. The number of rotatable bonds is 2. The van der Waals surface area contributed by atoms with E-state index in [-0.39, 0.29) is 5.91 Å². The third-order valence-electron chi connectivity index (χ3n) is 4.35. The largest absolute Gasteiger partial charge is 0.365 e. The van der Waals surface area contributed by atoms with Gasteiger partial charge >= 0.3 is 0 Å². The van der Waals surface area contributed by atoms with Crippen LogP contribution in [0.15, 0.2) is 28.3 Å². The fraction of sp³-hybridized carbons (Fsp3) is 0.438. The summed E-state index contributed by atoms with van der Waals surface area (Å²) in [4.78, 5) is 26.8. The van der Waals surface area contributed by atoms with Crippen molar-refractivity contribution in [1.82, 2.24) is 14.9 Å². The number of halogens is 1. The van der Waals surface area contributed by atoms with Crippen LogP contribution in [-0.2, 0) is 22.5 Å². The summed E-state index contributed by atoms with van der Waals surface area (Å²) in [6.45, 7) is 3.15. The maximum Gasteiger partial charge on any atom is 0.253 e. The quantitative estimate of drug-likeness (QED) is 0.761. The van der Waals surface area contributed by atoms with Gasteiger partial charge in [-0.2, -0.15) is 0 Å². The maximum absolute atomic E-state index is 12.8. The molecule has 2 aliphatic heterocycles. The van der Waals surface area contributed by atoms with Gasteiger partial charge in [-0.1, -0.05) is 0 Å². The summed E-state index contributed by atoms with van der Waals surface area (Å²) in [5.74, 6) is 0.701. The summed E-state index contributed by atoms with van der Waals surface area (Å²) in [5, 5.41) is 2.10.